The van der Waals surface area contributed by atoms with Crippen LogP contribution in [0.5, 0.6) is 0 Å². The molecule has 0 saturated heterocycles. The second kappa shape index (κ2) is 5.29. The van der Waals surface area contributed by atoms with Gasteiger partial charge in [-0.3, -0.25) is 4.79 Å². The van der Waals surface area contributed by atoms with Crippen molar-refractivity contribution in [2.45, 2.75) is 19.9 Å². The van der Waals surface area contributed by atoms with Crippen LogP contribution in [0, 0.1) is 6.92 Å². The lowest BCUT2D eigenvalue weighted by Gasteiger charge is -2.15. The summed E-state index contributed by atoms with van der Waals surface area (Å²) in [5.41, 5.74) is 1.79. The van der Waals surface area contributed by atoms with E-state index in [0.717, 1.165) is 11.1 Å². The molecule has 0 radical (unpaired) electrons. The van der Waals surface area contributed by atoms with E-state index in [9.17, 15) is 13.2 Å². The maximum atomic E-state index is 11.4. The van der Waals surface area contributed by atoms with Crippen molar-refractivity contribution in [3.05, 3.63) is 35.4 Å². The van der Waals surface area contributed by atoms with Crippen molar-refractivity contribution in [1.29, 1.82) is 0 Å². The minimum Gasteiger partial charge on any atom is -0.480 e. The number of aryl methyl sites for hydroxylation is 1. The normalized spacial score (nSPS) is 13.3. The third-order valence-electron chi connectivity index (χ3n) is 2.32. The van der Waals surface area contributed by atoms with Crippen molar-refractivity contribution in [1.82, 2.24) is 4.72 Å². The van der Waals surface area contributed by atoms with Crippen LogP contribution in [0.3, 0.4) is 0 Å². The number of benzene rings is 1. The maximum Gasteiger partial charge on any atom is 0.320 e. The fourth-order valence-corrected chi connectivity index (χ4v) is 2.68. The molecule has 1 rings (SSSR count). The molecule has 0 bridgehead atoms. The Morgan fingerprint density at radius 3 is 2.53 bits per heavy atom. The van der Waals surface area contributed by atoms with E-state index in [4.69, 9.17) is 5.11 Å². The Balaban J connectivity index is 2.83. The summed E-state index contributed by atoms with van der Waals surface area (Å²) in [5, 5.41) is 8.47. The Morgan fingerprint density at radius 2 is 2.00 bits per heavy atom. The summed E-state index contributed by atoms with van der Waals surface area (Å²) in [6.07, 6.45) is 0. The largest absolute Gasteiger partial charge is 0.480 e. The predicted molar refractivity (Wildman–Crippen MR) is 64.2 cm³/mol. The Bertz CT molecular complexity index is 510. The topological polar surface area (TPSA) is 83.5 Å². The molecule has 1 aromatic carbocycles. The average Bonchev–Trinajstić information content (AvgIpc) is 2.14. The molecule has 0 fully saturated rings. The van der Waals surface area contributed by atoms with Crippen molar-refractivity contribution in [2.75, 3.05) is 5.75 Å². The zero-order valence-electron chi connectivity index (χ0n) is 9.67. The number of nitrogens with one attached hydrogen (secondary N) is 1. The maximum absolute atomic E-state index is 11.4. The van der Waals surface area contributed by atoms with Crippen LogP contribution in [-0.2, 0) is 14.8 Å². The number of sulfonamides is 1. The van der Waals surface area contributed by atoms with E-state index in [1.807, 2.05) is 31.2 Å². The summed E-state index contributed by atoms with van der Waals surface area (Å²) in [4.78, 5) is 10.4. The Labute approximate surface area is 101 Å². The van der Waals surface area contributed by atoms with Crippen LogP contribution in [0.1, 0.15) is 24.1 Å². The molecule has 0 aromatic heterocycles. The van der Waals surface area contributed by atoms with Crippen molar-refractivity contribution in [3.8, 4) is 0 Å². The zero-order valence-corrected chi connectivity index (χ0v) is 10.5. The molecule has 0 spiro atoms. The molecule has 1 atom stereocenters. The van der Waals surface area contributed by atoms with Gasteiger partial charge >= 0.3 is 5.97 Å². The van der Waals surface area contributed by atoms with E-state index in [1.165, 1.54) is 0 Å². The lowest BCUT2D eigenvalue weighted by molar-refractivity contribution is -0.134. The standard InChI is InChI=1S/C11H15NO4S/c1-8-5-3-4-6-10(8)9(2)12-17(15,16)7-11(13)14/h3-6,9,12H,7H2,1-2H3,(H,13,14). The number of hydrogen-bond acceptors (Lipinski definition) is 3. The van der Waals surface area contributed by atoms with Crippen LogP contribution in [0.15, 0.2) is 24.3 Å². The van der Waals surface area contributed by atoms with E-state index in [0.29, 0.717) is 0 Å². The molecule has 17 heavy (non-hydrogen) atoms. The van der Waals surface area contributed by atoms with E-state index in [2.05, 4.69) is 4.72 Å². The highest BCUT2D eigenvalue weighted by molar-refractivity contribution is 7.90. The summed E-state index contributed by atoms with van der Waals surface area (Å²) < 4.78 is 25.2. The fraction of sp³-hybridized carbons (Fsp3) is 0.364. The van der Waals surface area contributed by atoms with Gasteiger partial charge in [0.2, 0.25) is 10.0 Å². The summed E-state index contributed by atoms with van der Waals surface area (Å²) >= 11 is 0. The van der Waals surface area contributed by atoms with Gasteiger partial charge in [0, 0.05) is 6.04 Å². The Hall–Kier alpha value is -1.40. The summed E-state index contributed by atoms with van der Waals surface area (Å²) in [6, 6.07) is 6.91. The van der Waals surface area contributed by atoms with Crippen LogP contribution in [0.2, 0.25) is 0 Å². The number of rotatable bonds is 5. The summed E-state index contributed by atoms with van der Waals surface area (Å²) in [6.45, 7) is 3.55. The van der Waals surface area contributed by atoms with Crippen molar-refractivity contribution < 1.29 is 18.3 Å². The quantitative estimate of drug-likeness (QED) is 0.826. The minimum absolute atomic E-state index is 0.444. The zero-order chi connectivity index (χ0) is 13.1. The molecule has 5 nitrogen and oxygen atoms in total. The first-order valence-corrected chi connectivity index (χ1v) is 6.74. The van der Waals surface area contributed by atoms with Gasteiger partial charge in [0.1, 0.15) is 0 Å². The Morgan fingerprint density at radius 1 is 1.41 bits per heavy atom. The van der Waals surface area contributed by atoms with Gasteiger partial charge in [-0.05, 0) is 25.0 Å². The lowest BCUT2D eigenvalue weighted by Crippen LogP contribution is -2.32. The molecule has 94 valence electrons. The van der Waals surface area contributed by atoms with Gasteiger partial charge in [-0.2, -0.15) is 0 Å². The SMILES string of the molecule is Cc1ccccc1C(C)NS(=O)(=O)CC(=O)O. The van der Waals surface area contributed by atoms with Crippen LogP contribution in [-0.4, -0.2) is 25.2 Å². The van der Waals surface area contributed by atoms with Crippen LogP contribution in [0.25, 0.3) is 0 Å². The molecule has 0 aliphatic carbocycles. The minimum atomic E-state index is -3.79. The van der Waals surface area contributed by atoms with E-state index >= 15 is 0 Å². The molecule has 0 aliphatic heterocycles. The smallest absolute Gasteiger partial charge is 0.320 e. The molecule has 1 unspecified atom stereocenters. The van der Waals surface area contributed by atoms with Gasteiger partial charge in [-0.15, -0.1) is 0 Å². The van der Waals surface area contributed by atoms with Gasteiger partial charge in [-0.25, -0.2) is 13.1 Å². The summed E-state index contributed by atoms with van der Waals surface area (Å²) in [5.74, 6) is -2.28. The second-order valence-electron chi connectivity index (χ2n) is 3.85. The van der Waals surface area contributed by atoms with Crippen molar-refractivity contribution in [2.24, 2.45) is 0 Å². The molecule has 0 saturated carbocycles. The van der Waals surface area contributed by atoms with Crippen LogP contribution >= 0.6 is 0 Å². The van der Waals surface area contributed by atoms with Crippen molar-refractivity contribution in [3.63, 3.8) is 0 Å². The summed E-state index contributed by atoms with van der Waals surface area (Å²) in [7, 11) is -3.79. The first-order chi connectivity index (χ1) is 7.82. The number of carboxylic acid groups (broad SMARTS) is 1. The molecular weight excluding hydrogens is 242 g/mol. The Kier molecular flexibility index (Phi) is 4.25. The van der Waals surface area contributed by atoms with E-state index in [1.54, 1.807) is 6.92 Å². The fourth-order valence-electron chi connectivity index (χ4n) is 1.61. The molecule has 0 amide bonds. The van der Waals surface area contributed by atoms with Gasteiger partial charge in [0.05, 0.1) is 0 Å². The van der Waals surface area contributed by atoms with Crippen LogP contribution < -0.4 is 4.72 Å². The predicted octanol–water partition coefficient (Wildman–Crippen LogP) is 1.06. The number of carboxylic acids is 1. The van der Waals surface area contributed by atoms with E-state index < -0.39 is 27.8 Å². The van der Waals surface area contributed by atoms with Gasteiger partial charge in [0.25, 0.3) is 0 Å². The van der Waals surface area contributed by atoms with E-state index in [-0.39, 0.29) is 0 Å². The third-order valence-corrected chi connectivity index (χ3v) is 3.66. The molecule has 6 heteroatoms. The highest BCUT2D eigenvalue weighted by atomic mass is 32.2. The number of carbonyl (C=O) groups is 1. The average molecular weight is 257 g/mol. The molecule has 2 N–H and O–H groups in total. The monoisotopic (exact) mass is 257 g/mol. The van der Waals surface area contributed by atoms with Gasteiger partial charge in [-0.1, -0.05) is 24.3 Å². The van der Waals surface area contributed by atoms with Gasteiger partial charge in [0.15, 0.2) is 5.75 Å². The molecule has 1 aromatic rings. The molecular formula is C11H15NO4S. The third kappa shape index (κ3) is 4.16. The lowest BCUT2D eigenvalue weighted by atomic mass is 10.0. The first kappa shape index (κ1) is 13.7. The number of aliphatic carboxylic acids is 1. The highest BCUT2D eigenvalue weighted by Gasteiger charge is 2.19. The molecule has 0 heterocycles. The first-order valence-electron chi connectivity index (χ1n) is 5.09. The van der Waals surface area contributed by atoms with Crippen LogP contribution in [0.4, 0.5) is 0 Å². The number of hydrogen-bond donors (Lipinski definition) is 2. The van der Waals surface area contributed by atoms with Gasteiger partial charge < -0.3 is 5.11 Å². The second-order valence-corrected chi connectivity index (χ2v) is 5.60. The molecule has 0 aliphatic rings. The van der Waals surface area contributed by atoms with Crippen molar-refractivity contribution >= 4 is 16.0 Å². The highest BCUT2D eigenvalue weighted by Crippen LogP contribution is 2.17.